The van der Waals surface area contributed by atoms with Gasteiger partial charge in [-0.05, 0) is 6.07 Å². The Hall–Kier alpha value is -1.81. The lowest BCUT2D eigenvalue weighted by Crippen LogP contribution is -2.48. The molecule has 1 fully saturated rings. The normalized spacial score (nSPS) is 19.7. The number of fused-ring (bicyclic) bond motifs is 1. The van der Waals surface area contributed by atoms with Gasteiger partial charge < -0.3 is 15.6 Å². The summed E-state index contributed by atoms with van der Waals surface area (Å²) in [4.78, 5) is 16.6. The summed E-state index contributed by atoms with van der Waals surface area (Å²) in [5.74, 6) is 0.200. The molecule has 4 nitrogen and oxygen atoms in total. The maximum Gasteiger partial charge on any atom is 0.225 e. The molecule has 0 bridgehead atoms. The summed E-state index contributed by atoms with van der Waals surface area (Å²) in [6.45, 7) is 1.16. The Balaban J connectivity index is 1.96. The van der Waals surface area contributed by atoms with Gasteiger partial charge in [-0.3, -0.25) is 4.79 Å². The smallest absolute Gasteiger partial charge is 0.225 e. The van der Waals surface area contributed by atoms with Crippen LogP contribution in [0.4, 0.5) is 0 Å². The summed E-state index contributed by atoms with van der Waals surface area (Å²) < 4.78 is 0. The van der Waals surface area contributed by atoms with Gasteiger partial charge in [0.15, 0.2) is 0 Å². The number of β-lactam (4-membered cyclic amide) rings is 1. The molecule has 1 amide bonds. The van der Waals surface area contributed by atoms with Crippen LogP contribution in [0.15, 0.2) is 30.5 Å². The minimum Gasteiger partial charge on any atom is -0.361 e. The predicted octanol–water partition coefficient (Wildman–Crippen LogP) is 1.40. The van der Waals surface area contributed by atoms with E-state index in [1.54, 1.807) is 0 Å². The van der Waals surface area contributed by atoms with Gasteiger partial charge >= 0.3 is 0 Å². The molecule has 17 heavy (non-hydrogen) atoms. The van der Waals surface area contributed by atoms with Crippen molar-refractivity contribution in [3.63, 3.8) is 0 Å². The van der Waals surface area contributed by atoms with E-state index in [0.29, 0.717) is 19.5 Å². The van der Waals surface area contributed by atoms with Crippen molar-refractivity contribution in [1.82, 2.24) is 9.88 Å². The fourth-order valence-electron chi connectivity index (χ4n) is 2.52. The number of hydrogen-bond acceptors (Lipinski definition) is 2. The lowest BCUT2D eigenvalue weighted by atomic mass is 9.93. The van der Waals surface area contributed by atoms with Gasteiger partial charge in [0.1, 0.15) is 0 Å². The standard InChI is InChI=1S/C13H15N3O/c14-5-6-16-12(7-13(16)17)10-8-15-11-4-2-1-3-9(10)11/h1-4,8,12,15H,5-7,14H2. The van der Waals surface area contributed by atoms with E-state index in [-0.39, 0.29) is 11.9 Å². The molecule has 1 aliphatic rings. The summed E-state index contributed by atoms with van der Waals surface area (Å²) in [5.41, 5.74) is 7.85. The number of amides is 1. The average molecular weight is 229 g/mol. The number of aromatic amines is 1. The second-order valence-electron chi connectivity index (χ2n) is 4.39. The van der Waals surface area contributed by atoms with Crippen molar-refractivity contribution in [2.45, 2.75) is 12.5 Å². The Bertz CT molecular complexity index is 561. The number of nitrogens with zero attached hydrogens (tertiary/aromatic N) is 1. The van der Waals surface area contributed by atoms with Crippen LogP contribution in [0, 0.1) is 0 Å². The first-order valence-electron chi connectivity index (χ1n) is 5.87. The fraction of sp³-hybridized carbons (Fsp3) is 0.308. The fourth-order valence-corrected chi connectivity index (χ4v) is 2.52. The zero-order valence-electron chi connectivity index (χ0n) is 9.52. The van der Waals surface area contributed by atoms with Crippen LogP contribution < -0.4 is 5.73 Å². The van der Waals surface area contributed by atoms with Crippen molar-refractivity contribution < 1.29 is 4.79 Å². The summed E-state index contributed by atoms with van der Waals surface area (Å²) >= 11 is 0. The summed E-state index contributed by atoms with van der Waals surface area (Å²) in [6.07, 6.45) is 2.60. The van der Waals surface area contributed by atoms with Gasteiger partial charge in [-0.1, -0.05) is 18.2 Å². The molecule has 88 valence electrons. The van der Waals surface area contributed by atoms with Gasteiger partial charge in [0, 0.05) is 35.8 Å². The van der Waals surface area contributed by atoms with E-state index in [1.165, 1.54) is 10.9 Å². The second kappa shape index (κ2) is 3.89. The Morgan fingerprint density at radius 1 is 1.41 bits per heavy atom. The third-order valence-electron chi connectivity index (χ3n) is 3.41. The van der Waals surface area contributed by atoms with E-state index >= 15 is 0 Å². The number of para-hydroxylation sites is 1. The molecule has 1 aromatic heterocycles. The number of carbonyl (C=O) groups is 1. The van der Waals surface area contributed by atoms with Gasteiger partial charge in [-0.2, -0.15) is 0 Å². The Morgan fingerprint density at radius 3 is 3.00 bits per heavy atom. The number of rotatable bonds is 3. The molecule has 1 atom stereocenters. The van der Waals surface area contributed by atoms with Crippen LogP contribution in [-0.2, 0) is 4.79 Å². The number of aromatic nitrogens is 1. The molecule has 4 heteroatoms. The number of hydrogen-bond donors (Lipinski definition) is 2. The molecule has 0 radical (unpaired) electrons. The SMILES string of the molecule is NCCN1C(=O)CC1c1c[nH]c2ccccc12. The van der Waals surface area contributed by atoms with Gasteiger partial charge in [-0.15, -0.1) is 0 Å². The Kier molecular flexibility index (Phi) is 2.37. The molecule has 3 rings (SSSR count). The van der Waals surface area contributed by atoms with Crippen molar-refractivity contribution in [2.75, 3.05) is 13.1 Å². The van der Waals surface area contributed by atoms with E-state index < -0.39 is 0 Å². The average Bonchev–Trinajstić information content (AvgIpc) is 2.76. The summed E-state index contributed by atoms with van der Waals surface area (Å²) in [6, 6.07) is 8.36. The zero-order chi connectivity index (χ0) is 11.8. The van der Waals surface area contributed by atoms with Crippen LogP contribution in [-0.4, -0.2) is 28.9 Å². The maximum absolute atomic E-state index is 11.5. The highest BCUT2D eigenvalue weighted by molar-refractivity contribution is 5.89. The molecule has 0 spiro atoms. The number of H-pyrrole nitrogens is 1. The lowest BCUT2D eigenvalue weighted by Gasteiger charge is -2.40. The quantitative estimate of drug-likeness (QED) is 0.781. The first kappa shape index (κ1) is 10.4. The first-order chi connectivity index (χ1) is 8.31. The van der Waals surface area contributed by atoms with Crippen LogP contribution in [0.2, 0.25) is 0 Å². The predicted molar refractivity (Wildman–Crippen MR) is 66.4 cm³/mol. The highest BCUT2D eigenvalue weighted by Gasteiger charge is 2.37. The Labute approximate surface area is 99.4 Å². The molecule has 2 heterocycles. The topological polar surface area (TPSA) is 62.1 Å². The third-order valence-corrected chi connectivity index (χ3v) is 3.41. The molecule has 1 saturated heterocycles. The monoisotopic (exact) mass is 229 g/mol. The van der Waals surface area contributed by atoms with E-state index in [4.69, 9.17) is 5.73 Å². The number of benzene rings is 1. The maximum atomic E-state index is 11.5. The minimum absolute atomic E-state index is 0.196. The van der Waals surface area contributed by atoms with Crippen molar-refractivity contribution in [2.24, 2.45) is 5.73 Å². The zero-order valence-corrected chi connectivity index (χ0v) is 9.52. The van der Waals surface area contributed by atoms with Crippen molar-refractivity contribution in [3.05, 3.63) is 36.0 Å². The van der Waals surface area contributed by atoms with Crippen LogP contribution in [0.3, 0.4) is 0 Å². The molecule has 2 aromatic rings. The minimum atomic E-state index is 0.196. The van der Waals surface area contributed by atoms with Gasteiger partial charge in [0.2, 0.25) is 5.91 Å². The van der Waals surface area contributed by atoms with E-state index in [2.05, 4.69) is 11.1 Å². The molecule has 1 unspecified atom stereocenters. The highest BCUT2D eigenvalue weighted by atomic mass is 16.2. The van der Waals surface area contributed by atoms with Crippen LogP contribution >= 0.6 is 0 Å². The van der Waals surface area contributed by atoms with Gasteiger partial charge in [-0.25, -0.2) is 0 Å². The number of nitrogens with one attached hydrogen (secondary N) is 1. The van der Waals surface area contributed by atoms with Gasteiger partial charge in [0.25, 0.3) is 0 Å². The van der Waals surface area contributed by atoms with E-state index in [9.17, 15) is 4.79 Å². The summed E-state index contributed by atoms with van der Waals surface area (Å²) in [5, 5.41) is 1.20. The molecule has 1 aliphatic heterocycles. The van der Waals surface area contributed by atoms with Gasteiger partial charge in [0.05, 0.1) is 12.5 Å². The number of carbonyl (C=O) groups excluding carboxylic acids is 1. The van der Waals surface area contributed by atoms with E-state index in [1.807, 2.05) is 29.3 Å². The molecule has 3 N–H and O–H groups in total. The largest absolute Gasteiger partial charge is 0.361 e. The number of likely N-dealkylation sites (tertiary alicyclic amines) is 1. The van der Waals surface area contributed by atoms with Crippen molar-refractivity contribution in [3.8, 4) is 0 Å². The first-order valence-corrected chi connectivity index (χ1v) is 5.87. The van der Waals surface area contributed by atoms with Crippen LogP contribution in [0.25, 0.3) is 10.9 Å². The number of nitrogens with two attached hydrogens (primary N) is 1. The molecular weight excluding hydrogens is 214 g/mol. The van der Waals surface area contributed by atoms with Crippen LogP contribution in [0.5, 0.6) is 0 Å². The van der Waals surface area contributed by atoms with Crippen LogP contribution in [0.1, 0.15) is 18.0 Å². The van der Waals surface area contributed by atoms with E-state index in [0.717, 1.165) is 5.52 Å². The highest BCUT2D eigenvalue weighted by Crippen LogP contribution is 2.37. The molecule has 0 saturated carbocycles. The third kappa shape index (κ3) is 1.52. The Morgan fingerprint density at radius 2 is 2.24 bits per heavy atom. The molecular formula is C13H15N3O. The van der Waals surface area contributed by atoms with Crippen molar-refractivity contribution in [1.29, 1.82) is 0 Å². The lowest BCUT2D eigenvalue weighted by molar-refractivity contribution is -0.146. The molecule has 1 aromatic carbocycles. The molecule has 0 aliphatic carbocycles. The summed E-state index contributed by atoms with van der Waals surface area (Å²) in [7, 11) is 0. The second-order valence-corrected chi connectivity index (χ2v) is 4.39. The van der Waals surface area contributed by atoms with Crippen molar-refractivity contribution >= 4 is 16.8 Å².